The topological polar surface area (TPSA) is 81.2 Å². The average Bonchev–Trinajstić information content (AvgIpc) is 2.75. The molecule has 0 fully saturated rings. The number of rotatable bonds is 2. The minimum Gasteiger partial charge on any atom is -0.363 e. The molecule has 5 heteroatoms. The molecule has 1 amide bonds. The molecule has 5 nitrogen and oxygen atoms in total. The summed E-state index contributed by atoms with van der Waals surface area (Å²) in [6.07, 6.45) is 5.72. The first-order valence-corrected chi connectivity index (χ1v) is 4.41. The van der Waals surface area contributed by atoms with Crippen molar-refractivity contribution < 1.29 is 9.32 Å². The summed E-state index contributed by atoms with van der Waals surface area (Å²) < 4.78 is 4.59. The predicted octanol–water partition coefficient (Wildman–Crippen LogP) is 0.516. The maximum Gasteiger partial charge on any atom is 0.232 e. The van der Waals surface area contributed by atoms with E-state index in [0.717, 1.165) is 0 Å². The van der Waals surface area contributed by atoms with Crippen LogP contribution in [0, 0.1) is 5.92 Å². The van der Waals surface area contributed by atoms with E-state index in [0.29, 0.717) is 12.2 Å². The van der Waals surface area contributed by atoms with Crippen molar-refractivity contribution in [1.82, 2.24) is 5.16 Å². The van der Waals surface area contributed by atoms with E-state index in [-0.39, 0.29) is 17.9 Å². The van der Waals surface area contributed by atoms with Crippen molar-refractivity contribution in [2.75, 3.05) is 5.32 Å². The normalized spacial score (nSPS) is 25.2. The van der Waals surface area contributed by atoms with Crippen molar-refractivity contribution >= 4 is 11.7 Å². The summed E-state index contributed by atoms with van der Waals surface area (Å²) >= 11 is 0. The van der Waals surface area contributed by atoms with Gasteiger partial charge in [0.05, 0.1) is 5.92 Å². The second kappa shape index (κ2) is 3.63. The minimum atomic E-state index is -0.151. The first-order chi connectivity index (χ1) is 6.75. The number of hydrogen-bond acceptors (Lipinski definition) is 4. The highest BCUT2D eigenvalue weighted by Crippen LogP contribution is 2.18. The molecule has 1 heterocycles. The lowest BCUT2D eigenvalue weighted by Crippen LogP contribution is -2.24. The lowest BCUT2D eigenvalue weighted by Gasteiger charge is -2.07. The average molecular weight is 193 g/mol. The molecular weight excluding hydrogens is 182 g/mol. The minimum absolute atomic E-state index is 0.0111. The summed E-state index contributed by atoms with van der Waals surface area (Å²) in [4.78, 5) is 11.6. The molecule has 3 N–H and O–H groups in total. The second-order valence-electron chi connectivity index (χ2n) is 3.26. The van der Waals surface area contributed by atoms with Crippen LogP contribution in [0.4, 0.5) is 5.82 Å². The van der Waals surface area contributed by atoms with Gasteiger partial charge in [0, 0.05) is 12.1 Å². The fraction of sp³-hybridized carbons (Fsp3) is 0.333. The molecule has 14 heavy (non-hydrogen) atoms. The van der Waals surface area contributed by atoms with E-state index in [1.54, 1.807) is 6.07 Å². The fourth-order valence-electron chi connectivity index (χ4n) is 1.42. The van der Waals surface area contributed by atoms with Gasteiger partial charge < -0.3 is 15.6 Å². The molecule has 0 spiro atoms. The van der Waals surface area contributed by atoms with E-state index in [1.807, 2.05) is 12.2 Å². The van der Waals surface area contributed by atoms with Crippen molar-refractivity contribution in [1.29, 1.82) is 0 Å². The fourth-order valence-corrected chi connectivity index (χ4v) is 1.42. The quantitative estimate of drug-likeness (QED) is 0.671. The number of carbonyl (C=O) groups is 1. The Bertz CT molecular complexity index is 345. The van der Waals surface area contributed by atoms with Crippen LogP contribution in [-0.4, -0.2) is 17.1 Å². The first-order valence-electron chi connectivity index (χ1n) is 4.41. The molecule has 1 aromatic heterocycles. The van der Waals surface area contributed by atoms with Gasteiger partial charge in [-0.25, -0.2) is 0 Å². The number of nitrogens with zero attached hydrogens (tertiary/aromatic N) is 1. The van der Waals surface area contributed by atoms with Gasteiger partial charge in [-0.1, -0.05) is 17.3 Å². The van der Waals surface area contributed by atoms with Crippen LogP contribution in [0.2, 0.25) is 0 Å². The van der Waals surface area contributed by atoms with Gasteiger partial charge >= 0.3 is 0 Å². The monoisotopic (exact) mass is 193 g/mol. The Morgan fingerprint density at radius 2 is 2.50 bits per heavy atom. The molecule has 74 valence electrons. The molecule has 1 aliphatic carbocycles. The van der Waals surface area contributed by atoms with Gasteiger partial charge in [-0.2, -0.15) is 0 Å². The van der Waals surface area contributed by atoms with E-state index in [1.165, 1.54) is 6.26 Å². The van der Waals surface area contributed by atoms with Crippen LogP contribution in [0.15, 0.2) is 29.0 Å². The van der Waals surface area contributed by atoms with Gasteiger partial charge in [0.15, 0.2) is 5.82 Å². The van der Waals surface area contributed by atoms with Gasteiger partial charge in [-0.05, 0) is 6.42 Å². The standard InChI is InChI=1S/C9H11N3O2/c10-7-2-1-6(5-7)9(13)11-8-3-4-14-12-8/h1-4,6-7H,5,10H2,(H,11,12,13). The van der Waals surface area contributed by atoms with Crippen molar-refractivity contribution in [2.24, 2.45) is 11.7 Å². The summed E-state index contributed by atoms with van der Waals surface area (Å²) in [5.74, 6) is 0.189. The molecule has 0 saturated heterocycles. The highest BCUT2D eigenvalue weighted by Gasteiger charge is 2.22. The Hall–Kier alpha value is -1.62. The van der Waals surface area contributed by atoms with E-state index in [9.17, 15) is 4.79 Å². The van der Waals surface area contributed by atoms with Gasteiger partial charge in [0.1, 0.15) is 6.26 Å². The molecule has 1 aliphatic rings. The van der Waals surface area contributed by atoms with Gasteiger partial charge in [-0.3, -0.25) is 4.79 Å². The first kappa shape index (κ1) is 8.96. The summed E-state index contributed by atoms with van der Waals surface area (Å²) in [6, 6.07) is 1.58. The number of aromatic nitrogens is 1. The number of amides is 1. The summed E-state index contributed by atoms with van der Waals surface area (Å²) in [5, 5.41) is 6.22. The molecule has 0 radical (unpaired) electrons. The predicted molar refractivity (Wildman–Crippen MR) is 50.4 cm³/mol. The van der Waals surface area contributed by atoms with Gasteiger partial charge in [-0.15, -0.1) is 0 Å². The number of nitrogens with one attached hydrogen (secondary N) is 1. The molecule has 2 unspecified atom stereocenters. The Kier molecular flexibility index (Phi) is 2.32. The van der Waals surface area contributed by atoms with E-state index in [2.05, 4.69) is 15.0 Å². The van der Waals surface area contributed by atoms with Crippen LogP contribution in [0.25, 0.3) is 0 Å². The molecule has 2 atom stereocenters. The maximum absolute atomic E-state index is 11.6. The van der Waals surface area contributed by atoms with Crippen molar-refractivity contribution in [3.63, 3.8) is 0 Å². The summed E-state index contributed by atoms with van der Waals surface area (Å²) in [7, 11) is 0. The van der Waals surface area contributed by atoms with Gasteiger partial charge in [0.2, 0.25) is 5.91 Å². The zero-order chi connectivity index (χ0) is 9.97. The van der Waals surface area contributed by atoms with E-state index >= 15 is 0 Å². The molecule has 0 aromatic carbocycles. The van der Waals surface area contributed by atoms with Crippen molar-refractivity contribution in [2.45, 2.75) is 12.5 Å². The number of anilines is 1. The molecule has 1 aromatic rings. The van der Waals surface area contributed by atoms with Crippen LogP contribution >= 0.6 is 0 Å². The third-order valence-corrected chi connectivity index (χ3v) is 2.14. The molecule has 0 saturated carbocycles. The number of carbonyl (C=O) groups excluding carboxylic acids is 1. The zero-order valence-corrected chi connectivity index (χ0v) is 7.51. The molecular formula is C9H11N3O2. The van der Waals surface area contributed by atoms with Crippen molar-refractivity contribution in [3.8, 4) is 0 Å². The lowest BCUT2D eigenvalue weighted by molar-refractivity contribution is -0.118. The van der Waals surface area contributed by atoms with Crippen LogP contribution in [0.1, 0.15) is 6.42 Å². The number of nitrogens with two attached hydrogens (primary N) is 1. The van der Waals surface area contributed by atoms with Crippen LogP contribution in [0.5, 0.6) is 0 Å². The lowest BCUT2D eigenvalue weighted by atomic mass is 10.1. The Labute approximate surface area is 80.9 Å². The maximum atomic E-state index is 11.6. The van der Waals surface area contributed by atoms with Gasteiger partial charge in [0.25, 0.3) is 0 Å². The third kappa shape index (κ3) is 1.82. The van der Waals surface area contributed by atoms with Crippen LogP contribution < -0.4 is 11.1 Å². The Morgan fingerprint density at radius 1 is 1.64 bits per heavy atom. The molecule has 0 aliphatic heterocycles. The highest BCUT2D eigenvalue weighted by molar-refractivity contribution is 5.93. The van der Waals surface area contributed by atoms with E-state index < -0.39 is 0 Å². The summed E-state index contributed by atoms with van der Waals surface area (Å²) in [5.41, 5.74) is 5.64. The SMILES string of the molecule is NC1C=CC(C(=O)Nc2ccon2)C1. The highest BCUT2D eigenvalue weighted by atomic mass is 16.5. The summed E-state index contributed by atoms with van der Waals surface area (Å²) in [6.45, 7) is 0. The Morgan fingerprint density at radius 3 is 3.07 bits per heavy atom. The molecule has 2 rings (SSSR count). The zero-order valence-electron chi connectivity index (χ0n) is 7.51. The smallest absolute Gasteiger partial charge is 0.232 e. The molecule has 0 bridgehead atoms. The Balaban J connectivity index is 1.94. The van der Waals surface area contributed by atoms with Crippen LogP contribution in [0.3, 0.4) is 0 Å². The van der Waals surface area contributed by atoms with Crippen molar-refractivity contribution in [3.05, 3.63) is 24.5 Å². The van der Waals surface area contributed by atoms with E-state index in [4.69, 9.17) is 5.73 Å². The number of hydrogen-bond donors (Lipinski definition) is 2. The second-order valence-corrected chi connectivity index (χ2v) is 3.26. The van der Waals surface area contributed by atoms with Crippen LogP contribution in [-0.2, 0) is 4.79 Å². The largest absolute Gasteiger partial charge is 0.363 e. The third-order valence-electron chi connectivity index (χ3n) is 2.14.